The van der Waals surface area contributed by atoms with Crippen molar-refractivity contribution >= 4 is 10.0 Å². The van der Waals surface area contributed by atoms with Gasteiger partial charge in [0.05, 0.1) is 11.4 Å². The highest BCUT2D eigenvalue weighted by atomic mass is 32.2. The van der Waals surface area contributed by atoms with Gasteiger partial charge < -0.3 is 0 Å². The van der Waals surface area contributed by atoms with Crippen LogP contribution in [0, 0.1) is 24.6 Å². The molecule has 0 unspecified atom stereocenters. The van der Waals surface area contributed by atoms with Gasteiger partial charge in [0.25, 0.3) is 0 Å². The van der Waals surface area contributed by atoms with Gasteiger partial charge in [-0.1, -0.05) is 41.7 Å². The van der Waals surface area contributed by atoms with E-state index < -0.39 is 10.0 Å². The predicted molar refractivity (Wildman–Crippen MR) is 98.0 cm³/mol. The summed E-state index contributed by atoms with van der Waals surface area (Å²) in [6.07, 6.45) is 0. The van der Waals surface area contributed by atoms with Crippen LogP contribution in [0.3, 0.4) is 0 Å². The maximum absolute atomic E-state index is 12.9. The molecular formula is C20H20FNO2S. The van der Waals surface area contributed by atoms with Gasteiger partial charge in [0.1, 0.15) is 5.82 Å². The summed E-state index contributed by atoms with van der Waals surface area (Å²) >= 11 is 0. The van der Waals surface area contributed by atoms with Crippen molar-refractivity contribution in [2.45, 2.75) is 18.7 Å². The second-order valence-electron chi connectivity index (χ2n) is 5.85. The number of nitrogens with zero attached hydrogens (tertiary/aromatic N) is 1. The van der Waals surface area contributed by atoms with Crippen LogP contribution in [0.25, 0.3) is 0 Å². The van der Waals surface area contributed by atoms with Crippen molar-refractivity contribution in [1.29, 1.82) is 0 Å². The molecule has 0 bridgehead atoms. The highest BCUT2D eigenvalue weighted by Gasteiger charge is 2.23. The van der Waals surface area contributed by atoms with E-state index in [9.17, 15) is 12.8 Å². The number of benzene rings is 2. The second-order valence-corrected chi connectivity index (χ2v) is 7.79. The summed E-state index contributed by atoms with van der Waals surface area (Å²) < 4.78 is 39.9. The lowest BCUT2D eigenvalue weighted by atomic mass is 10.2. The van der Waals surface area contributed by atoms with E-state index in [2.05, 4.69) is 18.4 Å². The van der Waals surface area contributed by atoms with Crippen molar-refractivity contribution in [3.05, 3.63) is 77.6 Å². The van der Waals surface area contributed by atoms with Crippen molar-refractivity contribution in [1.82, 2.24) is 4.31 Å². The fourth-order valence-corrected chi connectivity index (χ4v) is 3.55. The Bertz CT molecular complexity index is 905. The normalized spacial score (nSPS) is 11.0. The van der Waals surface area contributed by atoms with Crippen molar-refractivity contribution in [3.8, 4) is 11.8 Å². The summed E-state index contributed by atoms with van der Waals surface area (Å²) in [6.45, 7) is 7.68. The maximum Gasteiger partial charge on any atom is 0.244 e. The van der Waals surface area contributed by atoms with Gasteiger partial charge in [-0.25, -0.2) is 12.8 Å². The van der Waals surface area contributed by atoms with Crippen LogP contribution in [-0.2, 0) is 10.0 Å². The Morgan fingerprint density at radius 2 is 1.72 bits per heavy atom. The first-order chi connectivity index (χ1) is 11.8. The first-order valence-electron chi connectivity index (χ1n) is 7.74. The van der Waals surface area contributed by atoms with Crippen LogP contribution in [-0.4, -0.2) is 25.8 Å². The van der Waals surface area contributed by atoms with Crippen LogP contribution in [0.1, 0.15) is 18.1 Å². The summed E-state index contributed by atoms with van der Waals surface area (Å²) in [5, 5.41) is 0. The minimum atomic E-state index is -3.66. The first kappa shape index (κ1) is 18.9. The molecule has 0 amide bonds. The minimum absolute atomic E-state index is 0.0282. The quantitative estimate of drug-likeness (QED) is 0.604. The van der Waals surface area contributed by atoms with Gasteiger partial charge in [-0.05, 0) is 50.2 Å². The Kier molecular flexibility index (Phi) is 6.13. The van der Waals surface area contributed by atoms with Crippen LogP contribution in [0.5, 0.6) is 0 Å². The van der Waals surface area contributed by atoms with E-state index in [1.807, 2.05) is 6.92 Å². The Labute approximate surface area is 148 Å². The number of halogens is 1. The number of sulfonamides is 1. The highest BCUT2D eigenvalue weighted by Crippen LogP contribution is 2.17. The zero-order valence-electron chi connectivity index (χ0n) is 14.3. The van der Waals surface area contributed by atoms with Crippen LogP contribution in [0.4, 0.5) is 4.39 Å². The third-order valence-electron chi connectivity index (χ3n) is 3.44. The van der Waals surface area contributed by atoms with E-state index in [1.165, 1.54) is 16.4 Å². The molecule has 0 aliphatic carbocycles. The van der Waals surface area contributed by atoms with Gasteiger partial charge in [-0.15, -0.1) is 0 Å². The van der Waals surface area contributed by atoms with Gasteiger partial charge in [0, 0.05) is 12.1 Å². The summed E-state index contributed by atoms with van der Waals surface area (Å²) in [7, 11) is -3.66. The minimum Gasteiger partial charge on any atom is -0.207 e. The maximum atomic E-state index is 12.9. The molecule has 3 nitrogen and oxygen atoms in total. The molecule has 0 saturated carbocycles. The summed E-state index contributed by atoms with van der Waals surface area (Å²) in [5.74, 6) is 5.37. The lowest BCUT2D eigenvalue weighted by Gasteiger charge is -2.20. The fraction of sp³-hybridized carbons (Fsp3) is 0.200. The molecule has 5 heteroatoms. The Morgan fingerprint density at radius 1 is 1.12 bits per heavy atom. The molecule has 2 rings (SSSR count). The number of rotatable bonds is 5. The van der Waals surface area contributed by atoms with Crippen molar-refractivity contribution in [2.24, 2.45) is 0 Å². The zero-order chi connectivity index (χ0) is 18.4. The van der Waals surface area contributed by atoms with Crippen LogP contribution in [0.2, 0.25) is 0 Å². The largest absolute Gasteiger partial charge is 0.244 e. The van der Waals surface area contributed by atoms with Gasteiger partial charge in [0.2, 0.25) is 10.0 Å². The van der Waals surface area contributed by atoms with Crippen LogP contribution < -0.4 is 0 Å². The average Bonchev–Trinajstić information content (AvgIpc) is 2.56. The molecule has 0 aliphatic rings. The lowest BCUT2D eigenvalue weighted by Crippen LogP contribution is -2.32. The van der Waals surface area contributed by atoms with Crippen LogP contribution >= 0.6 is 0 Å². The van der Waals surface area contributed by atoms with E-state index >= 15 is 0 Å². The molecular weight excluding hydrogens is 337 g/mol. The van der Waals surface area contributed by atoms with E-state index in [0.717, 1.165) is 11.1 Å². The molecule has 0 radical (unpaired) electrons. The predicted octanol–water partition coefficient (Wildman–Crippen LogP) is 3.75. The van der Waals surface area contributed by atoms with Gasteiger partial charge >= 0.3 is 0 Å². The number of hydrogen-bond donors (Lipinski definition) is 0. The van der Waals surface area contributed by atoms with E-state index in [4.69, 9.17) is 0 Å². The standard InChI is InChI=1S/C20H20FNO2S/c1-16(2)15-22(14-4-5-18-8-10-19(21)11-9-18)25(23,24)20-12-6-17(3)7-13-20/h6-13H,1,14-15H2,2-3H3. The van der Waals surface area contributed by atoms with Crippen molar-refractivity contribution < 1.29 is 12.8 Å². The van der Waals surface area contributed by atoms with Gasteiger partial charge in [0.15, 0.2) is 0 Å². The molecule has 2 aromatic carbocycles. The molecule has 0 N–H and O–H groups in total. The Hall–Kier alpha value is -2.42. The lowest BCUT2D eigenvalue weighted by molar-refractivity contribution is 0.471. The third kappa shape index (κ3) is 5.28. The first-order valence-corrected chi connectivity index (χ1v) is 9.18. The van der Waals surface area contributed by atoms with Crippen LogP contribution in [0.15, 0.2) is 65.6 Å². The summed E-state index contributed by atoms with van der Waals surface area (Å²) in [5.41, 5.74) is 2.34. The van der Waals surface area contributed by atoms with E-state index in [1.54, 1.807) is 43.3 Å². The number of aryl methyl sites for hydroxylation is 1. The SMILES string of the molecule is C=C(C)CN(CC#Cc1ccc(F)cc1)S(=O)(=O)c1ccc(C)cc1. The molecule has 0 atom stereocenters. The molecule has 0 aromatic heterocycles. The molecule has 0 saturated heterocycles. The second kappa shape index (κ2) is 8.11. The Morgan fingerprint density at radius 3 is 2.28 bits per heavy atom. The molecule has 0 aliphatic heterocycles. The van der Waals surface area contributed by atoms with E-state index in [0.29, 0.717) is 5.56 Å². The highest BCUT2D eigenvalue weighted by molar-refractivity contribution is 7.89. The molecule has 0 fully saturated rings. The monoisotopic (exact) mass is 357 g/mol. The van der Waals surface area contributed by atoms with E-state index in [-0.39, 0.29) is 23.8 Å². The van der Waals surface area contributed by atoms with Crippen molar-refractivity contribution in [2.75, 3.05) is 13.1 Å². The van der Waals surface area contributed by atoms with Crippen molar-refractivity contribution in [3.63, 3.8) is 0 Å². The number of hydrogen-bond acceptors (Lipinski definition) is 2. The molecule has 2 aromatic rings. The molecule has 0 spiro atoms. The van der Waals surface area contributed by atoms with Gasteiger partial charge in [-0.3, -0.25) is 0 Å². The molecule has 25 heavy (non-hydrogen) atoms. The molecule has 130 valence electrons. The summed E-state index contributed by atoms with van der Waals surface area (Å²) in [6, 6.07) is 12.4. The third-order valence-corrected chi connectivity index (χ3v) is 5.24. The average molecular weight is 357 g/mol. The fourth-order valence-electron chi connectivity index (χ4n) is 2.15. The zero-order valence-corrected chi connectivity index (χ0v) is 15.1. The smallest absolute Gasteiger partial charge is 0.207 e. The summed E-state index contributed by atoms with van der Waals surface area (Å²) in [4.78, 5) is 0.225. The van der Waals surface area contributed by atoms with Gasteiger partial charge in [-0.2, -0.15) is 4.31 Å². The topological polar surface area (TPSA) is 37.4 Å². The Balaban J connectivity index is 2.25. The molecule has 0 heterocycles.